The molecule has 1 aromatic heterocycles. The highest BCUT2D eigenvalue weighted by Crippen LogP contribution is 2.22. The molecule has 0 aliphatic rings. The number of hydrogen-bond donors (Lipinski definition) is 1. The fourth-order valence-electron chi connectivity index (χ4n) is 2.04. The second kappa shape index (κ2) is 5.09. The average molecular weight is 330 g/mol. The largest absolute Gasteiger partial charge is 0.347 e. The Bertz CT molecular complexity index is 795. The van der Waals surface area contributed by atoms with Gasteiger partial charge in [0.1, 0.15) is 0 Å². The molecule has 0 atom stereocenters. The molecule has 0 fully saturated rings. The van der Waals surface area contributed by atoms with Crippen molar-refractivity contribution in [1.82, 2.24) is 9.78 Å². The lowest BCUT2D eigenvalue weighted by Crippen LogP contribution is -2.20. The number of halogens is 1. The third-order valence-electron chi connectivity index (χ3n) is 3.03. The van der Waals surface area contributed by atoms with Crippen molar-refractivity contribution in [3.63, 3.8) is 0 Å². The van der Waals surface area contributed by atoms with E-state index in [0.29, 0.717) is 5.69 Å². The minimum absolute atomic E-state index is 0.282. The maximum Gasteiger partial charge on any atom is 0.347 e. The molecule has 1 heterocycles. The number of benzene rings is 2. The summed E-state index contributed by atoms with van der Waals surface area (Å²) in [6.45, 7) is 2.01. The van der Waals surface area contributed by atoms with Crippen LogP contribution in [0.4, 0.5) is 10.5 Å². The first-order valence-corrected chi connectivity index (χ1v) is 6.95. The molecule has 4 nitrogen and oxygen atoms in total. The van der Waals surface area contributed by atoms with Crippen LogP contribution in [0.1, 0.15) is 5.56 Å². The fraction of sp³-hybridized carbons (Fsp3) is 0.0667. The van der Waals surface area contributed by atoms with E-state index in [1.54, 1.807) is 6.20 Å². The van der Waals surface area contributed by atoms with E-state index in [-0.39, 0.29) is 6.03 Å². The van der Waals surface area contributed by atoms with Gasteiger partial charge >= 0.3 is 6.03 Å². The number of nitrogens with one attached hydrogen (secondary N) is 1. The lowest BCUT2D eigenvalue weighted by atomic mass is 10.2. The third kappa shape index (κ3) is 2.32. The van der Waals surface area contributed by atoms with E-state index in [1.807, 2.05) is 49.4 Å². The number of hydrogen-bond acceptors (Lipinski definition) is 2. The van der Waals surface area contributed by atoms with Crippen LogP contribution in [0.5, 0.6) is 0 Å². The number of rotatable bonds is 1. The van der Waals surface area contributed by atoms with Crippen LogP contribution in [0.2, 0.25) is 0 Å². The van der Waals surface area contributed by atoms with Gasteiger partial charge in [-0.15, -0.1) is 0 Å². The van der Waals surface area contributed by atoms with Crippen molar-refractivity contribution >= 4 is 38.6 Å². The quantitative estimate of drug-likeness (QED) is 0.727. The predicted molar refractivity (Wildman–Crippen MR) is 83.0 cm³/mol. The Morgan fingerprint density at radius 3 is 2.85 bits per heavy atom. The number of amides is 1. The van der Waals surface area contributed by atoms with Crippen LogP contribution in [-0.4, -0.2) is 15.8 Å². The zero-order valence-corrected chi connectivity index (χ0v) is 12.4. The van der Waals surface area contributed by atoms with Crippen molar-refractivity contribution in [1.29, 1.82) is 0 Å². The maximum absolute atomic E-state index is 12.3. The lowest BCUT2D eigenvalue weighted by molar-refractivity contribution is 0.252. The molecule has 3 rings (SSSR count). The third-order valence-corrected chi connectivity index (χ3v) is 3.72. The molecular formula is C15H12BrN3O. The van der Waals surface area contributed by atoms with Crippen LogP contribution in [0.3, 0.4) is 0 Å². The first kappa shape index (κ1) is 12.9. The minimum Gasteiger partial charge on any atom is -0.305 e. The Morgan fingerprint density at radius 2 is 2.05 bits per heavy atom. The molecule has 0 unspecified atom stereocenters. The smallest absolute Gasteiger partial charge is 0.305 e. The van der Waals surface area contributed by atoms with E-state index < -0.39 is 0 Å². The molecule has 100 valence electrons. The number of aryl methyl sites for hydroxylation is 1. The zero-order chi connectivity index (χ0) is 14.1. The number of carbonyl (C=O) groups excluding carboxylic acids is 1. The topological polar surface area (TPSA) is 46.9 Å². The summed E-state index contributed by atoms with van der Waals surface area (Å²) < 4.78 is 2.20. The highest BCUT2D eigenvalue weighted by Gasteiger charge is 2.11. The Balaban J connectivity index is 1.95. The molecule has 0 spiro atoms. The first-order chi connectivity index (χ1) is 9.65. The monoisotopic (exact) mass is 329 g/mol. The predicted octanol–water partition coefficient (Wildman–Crippen LogP) is 4.19. The van der Waals surface area contributed by atoms with E-state index in [0.717, 1.165) is 20.9 Å². The van der Waals surface area contributed by atoms with E-state index >= 15 is 0 Å². The van der Waals surface area contributed by atoms with Crippen LogP contribution in [0, 0.1) is 6.92 Å². The summed E-state index contributed by atoms with van der Waals surface area (Å²) >= 11 is 3.40. The maximum atomic E-state index is 12.3. The van der Waals surface area contributed by atoms with Gasteiger partial charge in [0.05, 0.1) is 17.4 Å². The van der Waals surface area contributed by atoms with Crippen molar-refractivity contribution in [2.75, 3.05) is 5.32 Å². The van der Waals surface area contributed by atoms with E-state index in [1.165, 1.54) is 4.68 Å². The molecule has 2 aromatic carbocycles. The summed E-state index contributed by atoms with van der Waals surface area (Å²) in [5.41, 5.74) is 2.65. The van der Waals surface area contributed by atoms with Gasteiger partial charge in [0.15, 0.2) is 0 Å². The van der Waals surface area contributed by atoms with Crippen molar-refractivity contribution < 1.29 is 4.79 Å². The van der Waals surface area contributed by atoms with Gasteiger partial charge in [0.25, 0.3) is 0 Å². The molecule has 3 aromatic rings. The van der Waals surface area contributed by atoms with Gasteiger partial charge in [-0.05, 0) is 47.1 Å². The number of para-hydroxylation sites is 1. The molecule has 0 saturated carbocycles. The molecule has 0 saturated heterocycles. The molecule has 5 heteroatoms. The molecule has 0 radical (unpaired) electrons. The molecule has 1 amide bonds. The molecule has 0 bridgehead atoms. The van der Waals surface area contributed by atoms with Crippen LogP contribution >= 0.6 is 15.9 Å². The minimum atomic E-state index is -0.282. The Kier molecular flexibility index (Phi) is 3.28. The molecular weight excluding hydrogens is 318 g/mol. The lowest BCUT2D eigenvalue weighted by Gasteiger charge is -2.07. The number of fused-ring (bicyclic) bond motifs is 1. The Labute approximate surface area is 124 Å². The fourth-order valence-corrected chi connectivity index (χ4v) is 2.43. The van der Waals surface area contributed by atoms with Crippen molar-refractivity contribution in [3.8, 4) is 0 Å². The Morgan fingerprint density at radius 1 is 1.25 bits per heavy atom. The second-order valence-corrected chi connectivity index (χ2v) is 5.38. The molecule has 1 N–H and O–H groups in total. The summed E-state index contributed by atoms with van der Waals surface area (Å²) in [4.78, 5) is 12.3. The molecule has 0 aliphatic carbocycles. The highest BCUT2D eigenvalue weighted by molar-refractivity contribution is 9.10. The van der Waals surface area contributed by atoms with Crippen LogP contribution < -0.4 is 5.32 Å². The standard InChI is InChI=1S/C15H12BrN3O/c1-10-6-7-14-11(8-10)9-17-19(14)15(20)18-13-5-3-2-4-12(13)16/h2-9H,1H3,(H,18,20). The van der Waals surface area contributed by atoms with Crippen LogP contribution in [-0.2, 0) is 0 Å². The van der Waals surface area contributed by atoms with Gasteiger partial charge in [-0.1, -0.05) is 23.8 Å². The van der Waals surface area contributed by atoms with Gasteiger partial charge in [-0.25, -0.2) is 4.79 Å². The highest BCUT2D eigenvalue weighted by atomic mass is 79.9. The van der Waals surface area contributed by atoms with Crippen molar-refractivity contribution in [2.24, 2.45) is 0 Å². The summed E-state index contributed by atoms with van der Waals surface area (Å²) in [5, 5.41) is 7.94. The average Bonchev–Trinajstić information content (AvgIpc) is 2.84. The summed E-state index contributed by atoms with van der Waals surface area (Å²) in [6, 6.07) is 13.1. The van der Waals surface area contributed by atoms with Crippen molar-refractivity contribution in [2.45, 2.75) is 6.92 Å². The second-order valence-electron chi connectivity index (χ2n) is 4.53. The number of nitrogens with zero attached hydrogens (tertiary/aromatic N) is 2. The van der Waals surface area contributed by atoms with Crippen molar-refractivity contribution in [3.05, 3.63) is 58.7 Å². The first-order valence-electron chi connectivity index (χ1n) is 6.15. The summed E-state index contributed by atoms with van der Waals surface area (Å²) in [5.74, 6) is 0. The summed E-state index contributed by atoms with van der Waals surface area (Å²) in [6.07, 6.45) is 1.70. The summed E-state index contributed by atoms with van der Waals surface area (Å²) in [7, 11) is 0. The van der Waals surface area contributed by atoms with Crippen LogP contribution in [0.25, 0.3) is 10.9 Å². The number of carbonyl (C=O) groups is 1. The van der Waals surface area contributed by atoms with Gasteiger partial charge < -0.3 is 5.32 Å². The van der Waals surface area contributed by atoms with Crippen LogP contribution in [0.15, 0.2) is 53.1 Å². The van der Waals surface area contributed by atoms with E-state index in [2.05, 4.69) is 26.3 Å². The molecule has 20 heavy (non-hydrogen) atoms. The SMILES string of the molecule is Cc1ccc2c(cnn2C(=O)Nc2ccccc2Br)c1. The number of anilines is 1. The van der Waals surface area contributed by atoms with Gasteiger partial charge in [0, 0.05) is 9.86 Å². The molecule has 0 aliphatic heterocycles. The zero-order valence-electron chi connectivity index (χ0n) is 10.8. The number of aromatic nitrogens is 2. The van der Waals surface area contributed by atoms with Gasteiger partial charge in [0.2, 0.25) is 0 Å². The Hall–Kier alpha value is -2.14. The van der Waals surface area contributed by atoms with E-state index in [9.17, 15) is 4.79 Å². The van der Waals surface area contributed by atoms with E-state index in [4.69, 9.17) is 0 Å². The van der Waals surface area contributed by atoms with Gasteiger partial charge in [-0.2, -0.15) is 9.78 Å². The normalized spacial score (nSPS) is 10.7. The van der Waals surface area contributed by atoms with Gasteiger partial charge in [-0.3, -0.25) is 0 Å².